The zero-order chi connectivity index (χ0) is 22.9. The largest absolute Gasteiger partial charge is 0.441 e. The maximum atomic E-state index is 13.4. The number of aromatic nitrogens is 1. The number of amides is 1. The average Bonchev–Trinajstić information content (AvgIpc) is 3.14. The highest BCUT2D eigenvalue weighted by molar-refractivity contribution is 7.92. The Balaban J connectivity index is 1.65. The van der Waals surface area contributed by atoms with E-state index in [1.165, 1.54) is 10.4 Å². The van der Waals surface area contributed by atoms with Crippen molar-refractivity contribution in [3.63, 3.8) is 0 Å². The molecule has 0 unspecified atom stereocenters. The molecule has 8 heteroatoms. The van der Waals surface area contributed by atoms with Gasteiger partial charge in [-0.25, -0.2) is 13.4 Å². The van der Waals surface area contributed by atoms with Gasteiger partial charge in [-0.3, -0.25) is 9.10 Å². The van der Waals surface area contributed by atoms with Gasteiger partial charge >= 0.3 is 0 Å². The van der Waals surface area contributed by atoms with E-state index in [0.717, 1.165) is 0 Å². The predicted molar refractivity (Wildman–Crippen MR) is 125 cm³/mol. The van der Waals surface area contributed by atoms with Crippen molar-refractivity contribution in [2.24, 2.45) is 0 Å². The minimum absolute atomic E-state index is 0.0958. The van der Waals surface area contributed by atoms with Crippen LogP contribution >= 0.6 is 0 Å². The van der Waals surface area contributed by atoms with Gasteiger partial charge in [0.05, 0.1) is 10.6 Å². The summed E-state index contributed by atoms with van der Waals surface area (Å²) >= 11 is 0. The molecule has 0 aliphatic rings. The molecule has 7 nitrogen and oxygen atoms in total. The molecule has 1 aromatic heterocycles. The summed E-state index contributed by atoms with van der Waals surface area (Å²) in [5.41, 5.74) is 3.18. The molecule has 164 valence electrons. The van der Waals surface area contributed by atoms with Gasteiger partial charge in [-0.2, -0.15) is 0 Å². The molecule has 0 spiro atoms. The van der Waals surface area contributed by atoms with E-state index in [2.05, 4.69) is 10.3 Å². The average molecular weight is 450 g/mol. The van der Waals surface area contributed by atoms with Crippen molar-refractivity contribution in [1.29, 1.82) is 0 Å². The summed E-state index contributed by atoms with van der Waals surface area (Å²) < 4.78 is 33.7. The van der Waals surface area contributed by atoms with Crippen LogP contribution in [-0.4, -0.2) is 25.9 Å². The van der Waals surface area contributed by atoms with Crippen LogP contribution < -0.4 is 9.62 Å². The van der Waals surface area contributed by atoms with Crippen molar-refractivity contribution < 1.29 is 17.6 Å². The Kier molecular flexibility index (Phi) is 5.71. The first-order valence-electron chi connectivity index (χ1n) is 10.2. The molecule has 3 aromatic carbocycles. The minimum Gasteiger partial charge on any atom is -0.441 e. The first kappa shape index (κ1) is 21.6. The van der Waals surface area contributed by atoms with Crippen LogP contribution in [0.2, 0.25) is 0 Å². The van der Waals surface area contributed by atoms with Gasteiger partial charge in [-0.1, -0.05) is 24.3 Å². The van der Waals surface area contributed by atoms with Crippen LogP contribution in [-0.2, 0) is 10.0 Å². The highest BCUT2D eigenvalue weighted by Crippen LogP contribution is 2.27. The van der Waals surface area contributed by atoms with Crippen molar-refractivity contribution in [2.45, 2.75) is 25.7 Å². The van der Waals surface area contributed by atoms with Crippen LogP contribution in [0.4, 0.5) is 11.4 Å². The smallest absolute Gasteiger partial charge is 0.264 e. The monoisotopic (exact) mass is 449 g/mol. The lowest BCUT2D eigenvalue weighted by Gasteiger charge is -2.24. The van der Waals surface area contributed by atoms with E-state index in [1.807, 2.05) is 6.07 Å². The zero-order valence-corrected chi connectivity index (χ0v) is 18.8. The summed E-state index contributed by atoms with van der Waals surface area (Å²) in [5.74, 6) is 0.125. The summed E-state index contributed by atoms with van der Waals surface area (Å²) in [4.78, 5) is 17.3. The summed E-state index contributed by atoms with van der Waals surface area (Å²) in [6.07, 6.45) is 0. The molecular formula is C24H23N3O4S. The van der Waals surface area contributed by atoms with Crippen LogP contribution in [0.15, 0.2) is 76.0 Å². The summed E-state index contributed by atoms with van der Waals surface area (Å²) in [6, 6.07) is 18.7. The molecule has 0 atom stereocenters. The Morgan fingerprint density at radius 3 is 2.50 bits per heavy atom. The highest BCUT2D eigenvalue weighted by atomic mass is 32.2. The van der Waals surface area contributed by atoms with E-state index >= 15 is 0 Å². The number of aryl methyl sites for hydroxylation is 2. The Bertz CT molecular complexity index is 1400. The van der Waals surface area contributed by atoms with E-state index in [4.69, 9.17) is 4.42 Å². The molecule has 0 fully saturated rings. The fourth-order valence-corrected chi connectivity index (χ4v) is 5.27. The van der Waals surface area contributed by atoms with Crippen LogP contribution in [0.5, 0.6) is 0 Å². The van der Waals surface area contributed by atoms with Crippen molar-refractivity contribution in [2.75, 3.05) is 16.2 Å². The molecule has 1 N–H and O–H groups in total. The number of anilines is 2. The molecule has 0 bridgehead atoms. The standard InChI is InChI=1S/C24H23N3O4S/c1-4-27(20-8-6-5-7-9-20)32(29,30)23-14-18(11-10-16(23)2)24(28)26-19-12-13-22-21(15-19)25-17(3)31-22/h5-15H,4H2,1-3H3,(H,26,28). The Hall–Kier alpha value is -3.65. The van der Waals surface area contributed by atoms with E-state index in [-0.39, 0.29) is 17.0 Å². The normalized spacial score (nSPS) is 11.5. The number of rotatable bonds is 6. The first-order valence-corrected chi connectivity index (χ1v) is 11.6. The van der Waals surface area contributed by atoms with E-state index in [9.17, 15) is 13.2 Å². The third-order valence-electron chi connectivity index (χ3n) is 5.10. The van der Waals surface area contributed by atoms with Gasteiger partial charge in [-0.05, 0) is 61.9 Å². The summed E-state index contributed by atoms with van der Waals surface area (Å²) in [5, 5.41) is 2.80. The maximum absolute atomic E-state index is 13.4. The van der Waals surface area contributed by atoms with Crippen LogP contribution in [0.1, 0.15) is 28.7 Å². The molecule has 0 saturated heterocycles. The number of oxazole rings is 1. The lowest BCUT2D eigenvalue weighted by atomic mass is 10.1. The molecule has 4 rings (SSSR count). The molecule has 1 amide bonds. The Labute approximate surface area is 186 Å². The number of benzene rings is 3. The molecule has 1 heterocycles. The fourth-order valence-electron chi connectivity index (χ4n) is 3.55. The van der Waals surface area contributed by atoms with Crippen molar-refractivity contribution in [3.8, 4) is 0 Å². The number of hydrogen-bond donors (Lipinski definition) is 1. The molecule has 0 saturated carbocycles. The van der Waals surface area contributed by atoms with Crippen LogP contribution in [0.3, 0.4) is 0 Å². The van der Waals surface area contributed by atoms with Gasteiger partial charge in [0.25, 0.3) is 15.9 Å². The van der Waals surface area contributed by atoms with E-state index < -0.39 is 15.9 Å². The molecule has 32 heavy (non-hydrogen) atoms. The van der Waals surface area contributed by atoms with E-state index in [0.29, 0.717) is 33.9 Å². The molecule has 0 aliphatic carbocycles. The van der Waals surface area contributed by atoms with E-state index in [1.54, 1.807) is 75.4 Å². The van der Waals surface area contributed by atoms with Crippen molar-refractivity contribution >= 4 is 38.4 Å². The van der Waals surface area contributed by atoms with Gasteiger partial charge in [-0.15, -0.1) is 0 Å². The second kappa shape index (κ2) is 8.47. The number of para-hydroxylation sites is 1. The second-order valence-electron chi connectivity index (χ2n) is 7.36. The zero-order valence-electron chi connectivity index (χ0n) is 18.0. The predicted octanol–water partition coefficient (Wildman–Crippen LogP) is 4.91. The van der Waals surface area contributed by atoms with Gasteiger partial charge in [0, 0.05) is 24.7 Å². The molecule has 0 aliphatic heterocycles. The van der Waals surface area contributed by atoms with Crippen molar-refractivity contribution in [3.05, 3.63) is 83.7 Å². The molecule has 0 radical (unpaired) electrons. The van der Waals surface area contributed by atoms with Crippen molar-refractivity contribution in [1.82, 2.24) is 4.98 Å². The minimum atomic E-state index is -3.86. The lowest BCUT2D eigenvalue weighted by Crippen LogP contribution is -2.31. The SMILES string of the molecule is CCN(c1ccccc1)S(=O)(=O)c1cc(C(=O)Nc2ccc3oc(C)nc3c2)ccc1C. The summed E-state index contributed by atoms with van der Waals surface area (Å²) in [6.45, 7) is 5.51. The third-order valence-corrected chi connectivity index (χ3v) is 7.15. The summed E-state index contributed by atoms with van der Waals surface area (Å²) in [7, 11) is -3.86. The van der Waals surface area contributed by atoms with Crippen LogP contribution in [0.25, 0.3) is 11.1 Å². The Morgan fingerprint density at radius 2 is 1.78 bits per heavy atom. The van der Waals surface area contributed by atoms with Gasteiger partial charge < -0.3 is 9.73 Å². The number of carbonyl (C=O) groups is 1. The quantitative estimate of drug-likeness (QED) is 0.451. The number of fused-ring (bicyclic) bond motifs is 1. The molecular weight excluding hydrogens is 426 g/mol. The highest BCUT2D eigenvalue weighted by Gasteiger charge is 2.26. The molecule has 4 aromatic rings. The van der Waals surface area contributed by atoms with Gasteiger partial charge in [0.1, 0.15) is 5.52 Å². The second-order valence-corrected chi connectivity index (χ2v) is 9.19. The number of nitrogens with zero attached hydrogens (tertiary/aromatic N) is 2. The number of hydrogen-bond acceptors (Lipinski definition) is 5. The fraction of sp³-hybridized carbons (Fsp3) is 0.167. The number of nitrogens with one attached hydrogen (secondary N) is 1. The van der Waals surface area contributed by atoms with Crippen LogP contribution in [0, 0.1) is 13.8 Å². The lowest BCUT2D eigenvalue weighted by molar-refractivity contribution is 0.102. The third kappa shape index (κ3) is 4.09. The maximum Gasteiger partial charge on any atom is 0.264 e. The first-order chi connectivity index (χ1) is 15.3. The number of sulfonamides is 1. The van der Waals surface area contributed by atoms with Gasteiger partial charge in [0.15, 0.2) is 11.5 Å². The Morgan fingerprint density at radius 1 is 1.03 bits per heavy atom. The topological polar surface area (TPSA) is 92.5 Å². The number of carbonyl (C=O) groups excluding carboxylic acids is 1. The van der Waals surface area contributed by atoms with Gasteiger partial charge in [0.2, 0.25) is 0 Å².